The molecule has 0 saturated heterocycles. The number of hydrogen-bond acceptors (Lipinski definition) is 2. The number of carbonyl (C=O) groups excluding carboxylic acids is 1. The van der Waals surface area contributed by atoms with Crippen LogP contribution in [-0.4, -0.2) is 17.1 Å². The summed E-state index contributed by atoms with van der Waals surface area (Å²) in [6, 6.07) is 19.0. The van der Waals surface area contributed by atoms with Crippen molar-refractivity contribution in [3.8, 4) is 0 Å². The second-order valence-corrected chi connectivity index (χ2v) is 7.96. The lowest BCUT2D eigenvalue weighted by molar-refractivity contribution is 0.0833. The third-order valence-corrected chi connectivity index (χ3v) is 5.71. The number of aliphatic hydroxyl groups is 1. The third kappa shape index (κ3) is 5.10. The van der Waals surface area contributed by atoms with Crippen LogP contribution in [0.1, 0.15) is 39.6 Å². The van der Waals surface area contributed by atoms with Crippen molar-refractivity contribution >= 4 is 16.7 Å². The van der Waals surface area contributed by atoms with Crippen molar-refractivity contribution in [2.75, 3.05) is 0 Å². The van der Waals surface area contributed by atoms with Crippen LogP contribution in [0.4, 0.5) is 17.6 Å². The predicted octanol–water partition coefficient (Wildman–Crippen LogP) is 6.13. The molecule has 0 spiro atoms. The molecule has 0 aliphatic carbocycles. The summed E-state index contributed by atoms with van der Waals surface area (Å²) < 4.78 is 53.4. The topological polar surface area (TPSA) is 49.3 Å². The Balaban J connectivity index is 1.65. The van der Waals surface area contributed by atoms with Gasteiger partial charge in [-0.2, -0.15) is 0 Å². The molecule has 4 aromatic rings. The SMILES string of the molecule is O=C(NC(Cc1ccc(C(F)F)cc1)C(O)c1ccc(F)cc1)c1ccc(F)c2ccccc12. The first-order valence-corrected chi connectivity index (χ1v) is 10.6. The Kier molecular flexibility index (Phi) is 6.93. The van der Waals surface area contributed by atoms with Gasteiger partial charge in [0.2, 0.25) is 0 Å². The minimum Gasteiger partial charge on any atom is -0.386 e. The summed E-state index contributed by atoms with van der Waals surface area (Å²) in [5.41, 5.74) is 1.07. The molecule has 174 valence electrons. The van der Waals surface area contributed by atoms with E-state index in [0.29, 0.717) is 16.5 Å². The summed E-state index contributed by atoms with van der Waals surface area (Å²) in [5.74, 6) is -1.47. The van der Waals surface area contributed by atoms with Crippen molar-refractivity contribution in [1.82, 2.24) is 5.32 Å². The maximum absolute atomic E-state index is 14.2. The lowest BCUT2D eigenvalue weighted by atomic mass is 9.94. The predicted molar refractivity (Wildman–Crippen MR) is 122 cm³/mol. The molecule has 7 heteroatoms. The number of carbonyl (C=O) groups is 1. The molecule has 2 N–H and O–H groups in total. The first kappa shape index (κ1) is 23.4. The van der Waals surface area contributed by atoms with Gasteiger partial charge in [0.15, 0.2) is 0 Å². The van der Waals surface area contributed by atoms with E-state index in [9.17, 15) is 27.5 Å². The Morgan fingerprint density at radius 1 is 0.794 bits per heavy atom. The van der Waals surface area contributed by atoms with Crippen LogP contribution in [0.3, 0.4) is 0 Å². The highest BCUT2D eigenvalue weighted by atomic mass is 19.3. The van der Waals surface area contributed by atoms with Crippen molar-refractivity contribution in [3.05, 3.63) is 119 Å². The number of nitrogens with one attached hydrogen (secondary N) is 1. The molecule has 0 aliphatic heterocycles. The van der Waals surface area contributed by atoms with Gasteiger partial charge in [0.25, 0.3) is 12.3 Å². The van der Waals surface area contributed by atoms with Crippen molar-refractivity contribution in [2.45, 2.75) is 25.0 Å². The number of rotatable bonds is 7. The zero-order chi connectivity index (χ0) is 24.2. The average Bonchev–Trinajstić information content (AvgIpc) is 2.84. The quantitative estimate of drug-likeness (QED) is 0.321. The van der Waals surface area contributed by atoms with Crippen molar-refractivity contribution in [2.24, 2.45) is 0 Å². The van der Waals surface area contributed by atoms with E-state index >= 15 is 0 Å². The van der Waals surface area contributed by atoms with E-state index in [4.69, 9.17) is 0 Å². The van der Waals surface area contributed by atoms with Gasteiger partial charge in [-0.3, -0.25) is 4.79 Å². The fourth-order valence-corrected chi connectivity index (χ4v) is 3.89. The summed E-state index contributed by atoms with van der Waals surface area (Å²) in [6.07, 6.45) is -3.71. The number of amides is 1. The van der Waals surface area contributed by atoms with E-state index < -0.39 is 36.1 Å². The van der Waals surface area contributed by atoms with Gasteiger partial charge in [-0.25, -0.2) is 17.6 Å². The maximum atomic E-state index is 14.2. The summed E-state index contributed by atoms with van der Waals surface area (Å²) in [4.78, 5) is 13.2. The molecule has 3 nitrogen and oxygen atoms in total. The molecule has 0 heterocycles. The molecule has 2 atom stereocenters. The number of benzene rings is 4. The maximum Gasteiger partial charge on any atom is 0.263 e. The summed E-state index contributed by atoms with van der Waals surface area (Å²) in [6.45, 7) is 0. The highest BCUT2D eigenvalue weighted by Crippen LogP contribution is 2.25. The summed E-state index contributed by atoms with van der Waals surface area (Å²) in [5, 5.41) is 14.5. The van der Waals surface area contributed by atoms with Crippen LogP contribution < -0.4 is 5.32 Å². The Bertz CT molecular complexity index is 1290. The summed E-state index contributed by atoms with van der Waals surface area (Å²) in [7, 11) is 0. The van der Waals surface area contributed by atoms with E-state index in [1.807, 2.05) is 0 Å². The van der Waals surface area contributed by atoms with Crippen LogP contribution in [0.15, 0.2) is 84.9 Å². The molecule has 0 radical (unpaired) electrons. The van der Waals surface area contributed by atoms with Crippen molar-refractivity contribution in [3.63, 3.8) is 0 Å². The Hall–Kier alpha value is -3.71. The molecule has 0 fully saturated rings. The van der Waals surface area contributed by atoms with Crippen LogP contribution in [0, 0.1) is 11.6 Å². The molecule has 0 aliphatic rings. The monoisotopic (exact) mass is 467 g/mol. The number of hydrogen-bond donors (Lipinski definition) is 2. The van der Waals surface area contributed by atoms with Gasteiger partial charge in [0, 0.05) is 16.5 Å². The smallest absolute Gasteiger partial charge is 0.263 e. The lowest BCUT2D eigenvalue weighted by Gasteiger charge is -2.25. The highest BCUT2D eigenvalue weighted by molar-refractivity contribution is 6.07. The highest BCUT2D eigenvalue weighted by Gasteiger charge is 2.25. The second-order valence-electron chi connectivity index (χ2n) is 7.96. The van der Waals surface area contributed by atoms with Gasteiger partial charge >= 0.3 is 0 Å². The zero-order valence-electron chi connectivity index (χ0n) is 17.9. The molecular formula is C27H21F4NO2. The second kappa shape index (κ2) is 10.1. The molecular weight excluding hydrogens is 446 g/mol. The van der Waals surface area contributed by atoms with Gasteiger partial charge in [0.1, 0.15) is 11.6 Å². The average molecular weight is 467 g/mol. The molecule has 4 rings (SSSR count). The van der Waals surface area contributed by atoms with E-state index in [0.717, 1.165) is 0 Å². The summed E-state index contributed by atoms with van der Waals surface area (Å²) >= 11 is 0. The lowest BCUT2D eigenvalue weighted by Crippen LogP contribution is -2.41. The van der Waals surface area contributed by atoms with Gasteiger partial charge in [-0.1, -0.05) is 60.7 Å². The van der Waals surface area contributed by atoms with E-state index in [1.165, 1.54) is 60.7 Å². The molecule has 0 aromatic heterocycles. The van der Waals surface area contributed by atoms with Crippen molar-refractivity contribution in [1.29, 1.82) is 0 Å². The molecule has 34 heavy (non-hydrogen) atoms. The molecule has 4 aromatic carbocycles. The van der Waals surface area contributed by atoms with E-state index in [1.54, 1.807) is 24.3 Å². The van der Waals surface area contributed by atoms with Crippen molar-refractivity contribution < 1.29 is 27.5 Å². The molecule has 0 bridgehead atoms. The Morgan fingerprint density at radius 3 is 2.06 bits per heavy atom. The van der Waals surface area contributed by atoms with E-state index in [2.05, 4.69) is 5.32 Å². The Morgan fingerprint density at radius 2 is 1.41 bits per heavy atom. The Labute approximate surface area is 193 Å². The number of fused-ring (bicyclic) bond motifs is 1. The molecule has 1 amide bonds. The number of alkyl halides is 2. The minimum atomic E-state index is -2.61. The van der Waals surface area contributed by atoms with Gasteiger partial charge < -0.3 is 10.4 Å². The van der Waals surface area contributed by atoms with Crippen LogP contribution in [0.5, 0.6) is 0 Å². The minimum absolute atomic E-state index is 0.118. The normalized spacial score (nSPS) is 13.1. The third-order valence-electron chi connectivity index (χ3n) is 5.71. The number of aliphatic hydroxyl groups excluding tert-OH is 1. The van der Waals surface area contributed by atoms with Gasteiger partial charge in [0.05, 0.1) is 12.1 Å². The van der Waals surface area contributed by atoms with Crippen LogP contribution in [0.2, 0.25) is 0 Å². The van der Waals surface area contributed by atoms with Crippen LogP contribution in [-0.2, 0) is 6.42 Å². The first-order valence-electron chi connectivity index (χ1n) is 10.6. The van der Waals surface area contributed by atoms with Gasteiger partial charge in [-0.05, 0) is 47.2 Å². The fourth-order valence-electron chi connectivity index (χ4n) is 3.89. The van der Waals surface area contributed by atoms with Crippen LogP contribution in [0.25, 0.3) is 10.8 Å². The van der Waals surface area contributed by atoms with Crippen LogP contribution >= 0.6 is 0 Å². The zero-order valence-corrected chi connectivity index (χ0v) is 17.9. The number of halogens is 4. The largest absolute Gasteiger partial charge is 0.386 e. The first-order chi connectivity index (χ1) is 16.3. The fraction of sp³-hybridized carbons (Fsp3) is 0.148. The standard InChI is InChI=1S/C27H21F4NO2/c28-19-11-9-17(10-12-19)25(33)24(15-16-5-7-18(8-6-16)26(30)31)32-27(34)22-13-14-23(29)21-4-2-1-3-20(21)22/h1-14,24-26,33H,15H2,(H,32,34). The molecule has 2 unspecified atom stereocenters. The van der Waals surface area contributed by atoms with E-state index in [-0.39, 0.29) is 22.9 Å². The van der Waals surface area contributed by atoms with Gasteiger partial charge in [-0.15, -0.1) is 0 Å². The molecule has 0 saturated carbocycles.